The molecule has 0 spiro atoms. The average Bonchev–Trinajstić information content (AvgIpc) is 2.59. The number of nitrogens with one attached hydrogen (secondary N) is 1. The highest BCUT2D eigenvalue weighted by molar-refractivity contribution is 6.30. The van der Waals surface area contributed by atoms with E-state index in [1.54, 1.807) is 30.5 Å². The first-order chi connectivity index (χ1) is 12.4. The van der Waals surface area contributed by atoms with E-state index in [4.69, 9.17) is 11.6 Å². The molecule has 4 nitrogen and oxygen atoms in total. The van der Waals surface area contributed by atoms with Crippen LogP contribution in [0.3, 0.4) is 0 Å². The van der Waals surface area contributed by atoms with Gasteiger partial charge in [-0.05, 0) is 41.5 Å². The average molecular weight is 371 g/mol. The Labute approximate surface area is 154 Å². The number of benzene rings is 2. The van der Waals surface area contributed by atoms with Gasteiger partial charge in [0.2, 0.25) is 5.91 Å². The fourth-order valence-electron chi connectivity index (χ4n) is 2.64. The summed E-state index contributed by atoms with van der Waals surface area (Å²) in [5, 5.41) is 3.03. The van der Waals surface area contributed by atoms with Crippen LogP contribution in [0.2, 0.25) is 5.02 Å². The van der Waals surface area contributed by atoms with Crippen LogP contribution in [-0.2, 0) is 11.3 Å². The van der Waals surface area contributed by atoms with E-state index >= 15 is 0 Å². The number of anilines is 1. The summed E-state index contributed by atoms with van der Waals surface area (Å²) in [4.78, 5) is 23.4. The maximum Gasteiger partial charge on any atom is 0.250 e. The van der Waals surface area contributed by atoms with Gasteiger partial charge in [-0.15, -0.1) is 0 Å². The Kier molecular flexibility index (Phi) is 5.19. The Bertz CT molecular complexity index is 1030. The predicted molar refractivity (Wildman–Crippen MR) is 101 cm³/mol. The molecule has 0 saturated carbocycles. The van der Waals surface area contributed by atoms with Crippen molar-refractivity contribution in [2.75, 3.05) is 5.32 Å². The predicted octanol–water partition coefficient (Wildman–Crippen LogP) is 4.31. The summed E-state index contributed by atoms with van der Waals surface area (Å²) in [5.41, 5.74) is 2.42. The van der Waals surface area contributed by atoms with Gasteiger partial charge in [-0.2, -0.15) is 0 Å². The van der Waals surface area contributed by atoms with Crippen molar-refractivity contribution in [3.05, 3.63) is 87.6 Å². The molecule has 6 heteroatoms. The molecule has 0 aliphatic carbocycles. The first kappa shape index (κ1) is 17.9. The molecule has 3 aromatic rings. The maximum absolute atomic E-state index is 14.0. The van der Waals surface area contributed by atoms with Crippen LogP contribution in [-0.4, -0.2) is 10.5 Å². The lowest BCUT2D eigenvalue weighted by Crippen LogP contribution is -2.19. The Morgan fingerprint density at radius 2 is 1.92 bits per heavy atom. The largest absolute Gasteiger partial charge is 0.326 e. The summed E-state index contributed by atoms with van der Waals surface area (Å²) in [6.45, 7) is 1.54. The number of rotatable bonds is 4. The van der Waals surface area contributed by atoms with Crippen molar-refractivity contribution in [1.82, 2.24) is 4.57 Å². The van der Waals surface area contributed by atoms with Crippen molar-refractivity contribution >= 4 is 23.2 Å². The normalized spacial score (nSPS) is 10.6. The SMILES string of the molecule is CC(=O)Nc1cccc(-c2ccc(=O)n(Cc3ccc(Cl)cc3F)c2)c1. The van der Waals surface area contributed by atoms with E-state index in [0.717, 1.165) is 11.1 Å². The molecule has 1 N–H and O–H groups in total. The van der Waals surface area contributed by atoms with E-state index in [0.29, 0.717) is 16.3 Å². The van der Waals surface area contributed by atoms with Crippen LogP contribution in [0.1, 0.15) is 12.5 Å². The number of aromatic nitrogens is 1. The summed E-state index contributed by atoms with van der Waals surface area (Å²) >= 11 is 5.77. The van der Waals surface area contributed by atoms with Crippen molar-refractivity contribution in [2.45, 2.75) is 13.5 Å². The van der Waals surface area contributed by atoms with Gasteiger partial charge in [-0.1, -0.05) is 29.8 Å². The highest BCUT2D eigenvalue weighted by Gasteiger charge is 2.07. The quantitative estimate of drug-likeness (QED) is 0.743. The van der Waals surface area contributed by atoms with Crippen molar-refractivity contribution in [1.29, 1.82) is 0 Å². The second-order valence-electron chi connectivity index (χ2n) is 5.88. The third-order valence-corrected chi connectivity index (χ3v) is 4.09. The highest BCUT2D eigenvalue weighted by Crippen LogP contribution is 2.22. The Balaban J connectivity index is 1.95. The third-order valence-electron chi connectivity index (χ3n) is 3.86. The zero-order valence-corrected chi connectivity index (χ0v) is 14.8. The summed E-state index contributed by atoms with van der Waals surface area (Å²) < 4.78 is 15.5. The Morgan fingerprint density at radius 3 is 2.65 bits per heavy atom. The van der Waals surface area contributed by atoms with Gasteiger partial charge >= 0.3 is 0 Å². The molecule has 0 atom stereocenters. The lowest BCUT2D eigenvalue weighted by Gasteiger charge is -2.11. The molecule has 1 aromatic heterocycles. The maximum atomic E-state index is 14.0. The number of hydrogen-bond acceptors (Lipinski definition) is 2. The number of hydrogen-bond donors (Lipinski definition) is 1. The second kappa shape index (κ2) is 7.54. The monoisotopic (exact) mass is 370 g/mol. The van der Waals surface area contributed by atoms with Gasteiger partial charge in [0.05, 0.1) is 6.54 Å². The van der Waals surface area contributed by atoms with E-state index < -0.39 is 5.82 Å². The molecule has 132 valence electrons. The Hall–Kier alpha value is -2.92. The molecule has 3 rings (SSSR count). The van der Waals surface area contributed by atoms with Crippen molar-refractivity contribution in [3.8, 4) is 11.1 Å². The van der Waals surface area contributed by atoms with Crippen LogP contribution in [0.5, 0.6) is 0 Å². The molecule has 1 amide bonds. The third kappa shape index (κ3) is 4.18. The van der Waals surface area contributed by atoms with Crippen LogP contribution >= 0.6 is 11.6 Å². The van der Waals surface area contributed by atoms with E-state index in [2.05, 4.69) is 5.32 Å². The van der Waals surface area contributed by atoms with Gasteiger partial charge in [-0.3, -0.25) is 9.59 Å². The van der Waals surface area contributed by atoms with E-state index in [-0.39, 0.29) is 18.0 Å². The molecular weight excluding hydrogens is 355 g/mol. The van der Waals surface area contributed by atoms with Crippen LogP contribution in [0.4, 0.5) is 10.1 Å². The summed E-state index contributed by atoms with van der Waals surface area (Å²) in [7, 11) is 0. The molecule has 0 saturated heterocycles. The summed E-state index contributed by atoms with van der Waals surface area (Å²) in [5.74, 6) is -0.618. The van der Waals surface area contributed by atoms with Crippen molar-refractivity contribution < 1.29 is 9.18 Å². The van der Waals surface area contributed by atoms with E-state index in [9.17, 15) is 14.0 Å². The molecule has 2 aromatic carbocycles. The van der Waals surface area contributed by atoms with Crippen molar-refractivity contribution in [2.24, 2.45) is 0 Å². The first-order valence-corrected chi connectivity index (χ1v) is 8.32. The topological polar surface area (TPSA) is 51.1 Å². The molecule has 26 heavy (non-hydrogen) atoms. The van der Waals surface area contributed by atoms with Gasteiger partial charge in [0.25, 0.3) is 5.56 Å². The first-order valence-electron chi connectivity index (χ1n) is 7.95. The number of pyridine rings is 1. The smallest absolute Gasteiger partial charge is 0.250 e. The van der Waals surface area contributed by atoms with Crippen molar-refractivity contribution in [3.63, 3.8) is 0 Å². The minimum atomic E-state index is -0.456. The van der Waals surface area contributed by atoms with Crippen LogP contribution < -0.4 is 10.9 Å². The number of amides is 1. The van der Waals surface area contributed by atoms with Gasteiger partial charge in [-0.25, -0.2) is 4.39 Å². The minimum absolute atomic E-state index is 0.0983. The standard InChI is InChI=1S/C20H16ClFN2O2/c1-13(25)23-18-4-2-3-14(9-18)15-6-8-20(26)24(11-15)12-16-5-7-17(21)10-19(16)22/h2-11H,12H2,1H3,(H,23,25). The number of carbonyl (C=O) groups is 1. The number of nitrogens with zero attached hydrogens (tertiary/aromatic N) is 1. The fourth-order valence-corrected chi connectivity index (χ4v) is 2.80. The van der Waals surface area contributed by atoms with Crippen LogP contribution in [0.15, 0.2) is 65.6 Å². The number of halogens is 2. The molecule has 1 heterocycles. The zero-order chi connectivity index (χ0) is 18.7. The van der Waals surface area contributed by atoms with Gasteiger partial charge in [0, 0.05) is 35.5 Å². The van der Waals surface area contributed by atoms with Gasteiger partial charge in [0.1, 0.15) is 5.82 Å². The molecule has 0 fully saturated rings. The van der Waals surface area contributed by atoms with E-state index in [1.807, 2.05) is 18.2 Å². The molecule has 0 unspecified atom stereocenters. The lowest BCUT2D eigenvalue weighted by molar-refractivity contribution is -0.114. The molecule has 0 bridgehead atoms. The zero-order valence-electron chi connectivity index (χ0n) is 14.0. The summed E-state index contributed by atoms with van der Waals surface area (Å²) in [6.07, 6.45) is 1.67. The molecular formula is C20H16ClFN2O2. The van der Waals surface area contributed by atoms with Gasteiger partial charge < -0.3 is 9.88 Å². The molecule has 0 radical (unpaired) electrons. The van der Waals surface area contributed by atoms with Crippen LogP contribution in [0, 0.1) is 5.82 Å². The van der Waals surface area contributed by atoms with Crippen LogP contribution in [0.25, 0.3) is 11.1 Å². The fraction of sp³-hybridized carbons (Fsp3) is 0.100. The second-order valence-corrected chi connectivity index (χ2v) is 6.32. The van der Waals surface area contributed by atoms with Gasteiger partial charge in [0.15, 0.2) is 0 Å². The lowest BCUT2D eigenvalue weighted by atomic mass is 10.1. The highest BCUT2D eigenvalue weighted by atomic mass is 35.5. The Morgan fingerprint density at radius 1 is 1.12 bits per heavy atom. The minimum Gasteiger partial charge on any atom is -0.326 e. The molecule has 0 aliphatic rings. The number of carbonyl (C=O) groups excluding carboxylic acids is 1. The molecule has 0 aliphatic heterocycles. The summed E-state index contributed by atoms with van der Waals surface area (Å²) in [6, 6.07) is 14.8. The van der Waals surface area contributed by atoms with E-state index in [1.165, 1.54) is 23.6 Å².